The molecule has 1 unspecified atom stereocenters. The lowest BCUT2D eigenvalue weighted by Crippen LogP contribution is -2.31. The molecular formula is C27H34O5. The molecular weight excluding hydrogens is 404 g/mol. The molecule has 1 N–H and O–H groups in total. The highest BCUT2D eigenvalue weighted by molar-refractivity contribution is 5.89. The van der Waals surface area contributed by atoms with E-state index < -0.39 is 11.9 Å². The highest BCUT2D eigenvalue weighted by atomic mass is 16.7. The third-order valence-corrected chi connectivity index (χ3v) is 7.28. The van der Waals surface area contributed by atoms with E-state index in [1.165, 1.54) is 0 Å². The van der Waals surface area contributed by atoms with Gasteiger partial charge in [0.15, 0.2) is 5.79 Å². The van der Waals surface area contributed by atoms with Crippen LogP contribution in [0.1, 0.15) is 56.3 Å². The molecule has 32 heavy (non-hydrogen) atoms. The first-order valence-electron chi connectivity index (χ1n) is 11.8. The maximum Gasteiger partial charge on any atom is 0.338 e. The second kappa shape index (κ2) is 10.2. The van der Waals surface area contributed by atoms with Crippen LogP contribution < -0.4 is 0 Å². The van der Waals surface area contributed by atoms with E-state index in [0.717, 1.165) is 32.1 Å². The minimum absolute atomic E-state index is 0.0390. The Labute approximate surface area is 191 Å². The first-order valence-corrected chi connectivity index (χ1v) is 11.8. The lowest BCUT2D eigenvalue weighted by molar-refractivity contribution is -0.157. The molecule has 1 heterocycles. The molecule has 1 saturated heterocycles. The molecule has 0 amide bonds. The third-order valence-electron chi connectivity index (χ3n) is 7.28. The number of fused-ring (bicyclic) bond motifs is 1. The molecule has 2 saturated carbocycles. The molecule has 1 aromatic carbocycles. The van der Waals surface area contributed by atoms with Crippen LogP contribution in [0.4, 0.5) is 0 Å². The molecule has 3 aliphatic rings. The van der Waals surface area contributed by atoms with Crippen LogP contribution in [0, 0.1) is 35.5 Å². The number of aliphatic hydroxyl groups excluding tert-OH is 1. The smallest absolute Gasteiger partial charge is 0.338 e. The molecule has 0 aromatic heterocycles. The quantitative estimate of drug-likeness (QED) is 0.389. The zero-order chi connectivity index (χ0) is 22.6. The number of hydrogen-bond acceptors (Lipinski definition) is 5. The van der Waals surface area contributed by atoms with Crippen molar-refractivity contribution in [1.29, 1.82) is 0 Å². The fourth-order valence-corrected chi connectivity index (χ4v) is 5.53. The largest absolute Gasteiger partial charge is 0.458 e. The summed E-state index contributed by atoms with van der Waals surface area (Å²) in [7, 11) is 0. The van der Waals surface area contributed by atoms with Crippen LogP contribution in [0.25, 0.3) is 0 Å². The van der Waals surface area contributed by atoms with E-state index >= 15 is 0 Å². The molecule has 5 nitrogen and oxygen atoms in total. The van der Waals surface area contributed by atoms with Gasteiger partial charge in [-0.05, 0) is 49.7 Å². The highest BCUT2D eigenvalue weighted by Gasteiger charge is 2.57. The summed E-state index contributed by atoms with van der Waals surface area (Å²) in [5, 5.41) is 10.7. The van der Waals surface area contributed by atoms with Gasteiger partial charge in [-0.1, -0.05) is 37.3 Å². The lowest BCUT2D eigenvalue weighted by atomic mass is 9.89. The molecule has 2 aliphatic carbocycles. The summed E-state index contributed by atoms with van der Waals surface area (Å²) in [6.45, 7) is 5.16. The summed E-state index contributed by atoms with van der Waals surface area (Å²) < 4.78 is 17.9. The fourth-order valence-electron chi connectivity index (χ4n) is 5.53. The second-order valence-corrected chi connectivity index (χ2v) is 9.38. The molecule has 1 spiro atoms. The van der Waals surface area contributed by atoms with Gasteiger partial charge in [-0.2, -0.15) is 0 Å². The predicted molar refractivity (Wildman–Crippen MR) is 122 cm³/mol. The highest BCUT2D eigenvalue weighted by Crippen LogP contribution is 2.55. The van der Waals surface area contributed by atoms with Gasteiger partial charge >= 0.3 is 5.97 Å². The fraction of sp³-hybridized carbons (Fsp3) is 0.593. The van der Waals surface area contributed by atoms with Gasteiger partial charge in [0.2, 0.25) is 0 Å². The normalized spacial score (nSPS) is 30.1. The molecule has 1 aromatic rings. The van der Waals surface area contributed by atoms with Crippen molar-refractivity contribution >= 4 is 5.97 Å². The maximum absolute atomic E-state index is 12.8. The number of carbonyl (C=O) groups is 1. The Bertz CT molecular complexity index is 861. The van der Waals surface area contributed by atoms with Crippen molar-refractivity contribution < 1.29 is 24.1 Å². The lowest BCUT2D eigenvalue weighted by Gasteiger charge is -2.27. The van der Waals surface area contributed by atoms with Gasteiger partial charge in [0.1, 0.15) is 6.10 Å². The Morgan fingerprint density at radius 2 is 2.03 bits per heavy atom. The van der Waals surface area contributed by atoms with Crippen LogP contribution in [0.2, 0.25) is 0 Å². The van der Waals surface area contributed by atoms with Gasteiger partial charge in [-0.25, -0.2) is 4.79 Å². The average Bonchev–Trinajstić information content (AvgIpc) is 3.48. The average molecular weight is 439 g/mol. The second-order valence-electron chi connectivity index (χ2n) is 9.38. The van der Waals surface area contributed by atoms with Gasteiger partial charge in [-0.3, -0.25) is 0 Å². The molecule has 6 atom stereocenters. The van der Waals surface area contributed by atoms with Crippen molar-refractivity contribution in [3.8, 4) is 11.8 Å². The number of carbonyl (C=O) groups excluding carboxylic acids is 1. The van der Waals surface area contributed by atoms with Crippen LogP contribution in [-0.2, 0) is 14.2 Å². The van der Waals surface area contributed by atoms with Crippen LogP contribution in [0.5, 0.6) is 0 Å². The van der Waals surface area contributed by atoms with Crippen LogP contribution in [0.3, 0.4) is 0 Å². The Kier molecular flexibility index (Phi) is 7.35. The maximum atomic E-state index is 12.8. The van der Waals surface area contributed by atoms with Crippen LogP contribution >= 0.6 is 0 Å². The molecule has 0 bridgehead atoms. The minimum atomic E-state index is -0.549. The first kappa shape index (κ1) is 23.0. The van der Waals surface area contributed by atoms with Crippen molar-refractivity contribution in [2.45, 2.75) is 63.9 Å². The SMILES string of the molecule is CC#CCCC(C)[C@H](O)/C=C/[C@@H]1[C@H]2CC3(C[C@H]2C[C@H]1OC(=O)c1ccccc1)OCCO3. The topological polar surface area (TPSA) is 65.0 Å². The van der Waals surface area contributed by atoms with E-state index in [2.05, 4.69) is 17.9 Å². The number of aliphatic hydroxyl groups is 1. The number of rotatable bonds is 7. The molecule has 3 fully saturated rings. The predicted octanol–water partition coefficient (Wildman–Crippen LogP) is 4.36. The number of hydrogen-bond donors (Lipinski definition) is 1. The molecule has 5 heteroatoms. The Hall–Kier alpha value is -2.13. The van der Waals surface area contributed by atoms with Gasteiger partial charge in [0.25, 0.3) is 0 Å². The summed E-state index contributed by atoms with van der Waals surface area (Å²) in [5.41, 5.74) is 0.567. The van der Waals surface area contributed by atoms with Crippen molar-refractivity contribution in [3.05, 3.63) is 48.0 Å². The van der Waals surface area contributed by atoms with Crippen molar-refractivity contribution in [2.24, 2.45) is 23.7 Å². The third kappa shape index (κ3) is 5.09. The molecule has 4 rings (SSSR count). The van der Waals surface area contributed by atoms with E-state index in [1.807, 2.05) is 38.1 Å². The van der Waals surface area contributed by atoms with Crippen molar-refractivity contribution in [3.63, 3.8) is 0 Å². The van der Waals surface area contributed by atoms with Crippen LogP contribution in [0.15, 0.2) is 42.5 Å². The Balaban J connectivity index is 1.47. The minimum Gasteiger partial charge on any atom is -0.458 e. The van der Waals surface area contributed by atoms with E-state index in [1.54, 1.807) is 12.1 Å². The van der Waals surface area contributed by atoms with Gasteiger partial charge in [0.05, 0.1) is 24.9 Å². The van der Waals surface area contributed by atoms with Gasteiger partial charge in [-0.15, -0.1) is 11.8 Å². The number of benzene rings is 1. The Morgan fingerprint density at radius 3 is 2.75 bits per heavy atom. The molecule has 172 valence electrons. The van der Waals surface area contributed by atoms with Gasteiger partial charge in [0, 0.05) is 25.2 Å². The zero-order valence-electron chi connectivity index (χ0n) is 19.0. The standard InChI is InChI=1S/C27H34O5/c1-3-4-6-9-19(2)24(28)13-12-22-23-18-27(30-14-15-31-27)17-21(23)16-25(22)32-26(29)20-10-7-5-8-11-20/h5,7-8,10-13,19,21-25,28H,6,9,14-18H2,1-2H3/b13-12+/t19?,21-,22-,23+,24-,25-/m1/s1. The number of ether oxygens (including phenoxy) is 3. The van der Waals surface area contributed by atoms with E-state index in [0.29, 0.717) is 30.6 Å². The van der Waals surface area contributed by atoms with Crippen molar-refractivity contribution in [1.82, 2.24) is 0 Å². The monoisotopic (exact) mass is 438 g/mol. The summed E-state index contributed by atoms with van der Waals surface area (Å²) in [6.07, 6.45) is 7.29. The molecule has 0 radical (unpaired) electrons. The summed E-state index contributed by atoms with van der Waals surface area (Å²) in [5.74, 6) is 6.05. The molecule has 1 aliphatic heterocycles. The van der Waals surface area contributed by atoms with Gasteiger partial charge < -0.3 is 19.3 Å². The van der Waals surface area contributed by atoms with Crippen molar-refractivity contribution in [2.75, 3.05) is 13.2 Å². The van der Waals surface area contributed by atoms with E-state index in [9.17, 15) is 9.90 Å². The van der Waals surface area contributed by atoms with E-state index in [-0.39, 0.29) is 23.9 Å². The summed E-state index contributed by atoms with van der Waals surface area (Å²) in [6, 6.07) is 9.14. The zero-order valence-corrected chi connectivity index (χ0v) is 19.0. The van der Waals surface area contributed by atoms with Crippen LogP contribution in [-0.4, -0.2) is 42.3 Å². The first-order chi connectivity index (χ1) is 15.5. The Morgan fingerprint density at radius 1 is 1.28 bits per heavy atom. The van der Waals surface area contributed by atoms with E-state index in [4.69, 9.17) is 14.2 Å². The summed E-state index contributed by atoms with van der Waals surface area (Å²) >= 11 is 0. The summed E-state index contributed by atoms with van der Waals surface area (Å²) in [4.78, 5) is 12.8. The number of esters is 1.